The second-order valence-corrected chi connectivity index (χ2v) is 7.33. The third-order valence-electron chi connectivity index (χ3n) is 4.36. The summed E-state index contributed by atoms with van der Waals surface area (Å²) in [5.41, 5.74) is 2.41. The molecule has 3 atom stereocenters. The van der Waals surface area contributed by atoms with E-state index in [0.717, 1.165) is 29.4 Å². The number of amides is 1. The third kappa shape index (κ3) is 3.37. The fraction of sp³-hybridized carbons (Fsp3) is 0.588. The topological polar surface area (TPSA) is 77.3 Å². The summed E-state index contributed by atoms with van der Waals surface area (Å²) in [4.78, 5) is 11.5. The summed E-state index contributed by atoms with van der Waals surface area (Å²) in [5.74, 6) is -0.00961. The fourth-order valence-electron chi connectivity index (χ4n) is 3.17. The number of benzene rings is 1. The van der Waals surface area contributed by atoms with Crippen LogP contribution in [0.5, 0.6) is 0 Å². The van der Waals surface area contributed by atoms with Gasteiger partial charge in [-0.1, -0.05) is 32.9 Å². The van der Waals surface area contributed by atoms with Crippen molar-refractivity contribution in [2.45, 2.75) is 58.8 Å². The van der Waals surface area contributed by atoms with Crippen LogP contribution >= 0.6 is 0 Å². The van der Waals surface area contributed by atoms with Crippen molar-refractivity contribution in [1.82, 2.24) is 15.6 Å². The van der Waals surface area contributed by atoms with Crippen molar-refractivity contribution in [2.75, 3.05) is 0 Å². The number of aromatic nitrogens is 2. The number of carbonyl (C=O) groups is 1. The highest BCUT2D eigenvalue weighted by Crippen LogP contribution is 2.39. The van der Waals surface area contributed by atoms with E-state index >= 15 is 0 Å². The van der Waals surface area contributed by atoms with E-state index in [1.807, 2.05) is 18.2 Å². The molecule has 0 aliphatic carbocycles. The Kier molecular flexibility index (Phi) is 4.10. The Balaban J connectivity index is 1.93. The number of rotatable bonds is 2. The van der Waals surface area contributed by atoms with Gasteiger partial charge in [-0.2, -0.15) is 0 Å². The highest BCUT2D eigenvalue weighted by Gasteiger charge is 2.37. The van der Waals surface area contributed by atoms with Gasteiger partial charge in [0.05, 0.1) is 12.2 Å². The number of carbonyl (C=O) groups excluding carboxylic acids is 1. The first-order valence-corrected chi connectivity index (χ1v) is 7.98. The van der Waals surface area contributed by atoms with Gasteiger partial charge in [-0.3, -0.25) is 4.79 Å². The molecule has 1 amide bonds. The van der Waals surface area contributed by atoms with Crippen molar-refractivity contribution in [3.05, 3.63) is 23.8 Å². The molecular weight excluding hydrogens is 294 g/mol. The van der Waals surface area contributed by atoms with Crippen molar-refractivity contribution in [2.24, 2.45) is 5.41 Å². The summed E-state index contributed by atoms with van der Waals surface area (Å²) in [6.45, 7) is 8.02. The summed E-state index contributed by atoms with van der Waals surface area (Å²) >= 11 is 0. The molecule has 1 saturated heterocycles. The van der Waals surface area contributed by atoms with Crippen LogP contribution in [-0.4, -0.2) is 28.4 Å². The van der Waals surface area contributed by atoms with Gasteiger partial charge in [0, 0.05) is 18.5 Å². The largest absolute Gasteiger partial charge is 0.370 e. The van der Waals surface area contributed by atoms with E-state index in [9.17, 15) is 4.79 Å². The molecule has 1 aliphatic heterocycles. The van der Waals surface area contributed by atoms with Crippen molar-refractivity contribution >= 4 is 16.9 Å². The van der Waals surface area contributed by atoms with Crippen LogP contribution in [0.15, 0.2) is 22.8 Å². The van der Waals surface area contributed by atoms with E-state index in [1.54, 1.807) is 6.92 Å². The number of hydrogen-bond acceptors (Lipinski definition) is 5. The van der Waals surface area contributed by atoms with Gasteiger partial charge < -0.3 is 10.1 Å². The zero-order valence-corrected chi connectivity index (χ0v) is 14.0. The molecule has 0 saturated carbocycles. The predicted molar refractivity (Wildman–Crippen MR) is 85.7 cm³/mol. The highest BCUT2D eigenvalue weighted by molar-refractivity contribution is 5.77. The van der Waals surface area contributed by atoms with E-state index in [4.69, 9.17) is 9.37 Å². The summed E-state index contributed by atoms with van der Waals surface area (Å²) in [6, 6.07) is 5.88. The zero-order valence-electron chi connectivity index (χ0n) is 14.0. The molecule has 6 nitrogen and oxygen atoms in total. The molecule has 2 aromatic rings. The summed E-state index contributed by atoms with van der Waals surface area (Å²) < 4.78 is 11.2. The van der Waals surface area contributed by atoms with Gasteiger partial charge in [-0.25, -0.2) is 4.63 Å². The number of nitrogens with one attached hydrogen (secondary N) is 1. The molecule has 1 aromatic heterocycles. The number of fused-ring (bicyclic) bond motifs is 1. The second-order valence-electron chi connectivity index (χ2n) is 7.33. The lowest BCUT2D eigenvalue weighted by atomic mass is 9.81. The Morgan fingerprint density at radius 2 is 2.04 bits per heavy atom. The van der Waals surface area contributed by atoms with Crippen molar-refractivity contribution in [3.63, 3.8) is 0 Å². The van der Waals surface area contributed by atoms with Crippen molar-refractivity contribution < 1.29 is 14.2 Å². The molecule has 6 heteroatoms. The second kappa shape index (κ2) is 5.92. The maximum atomic E-state index is 11.5. The molecule has 23 heavy (non-hydrogen) atoms. The Labute approximate surface area is 135 Å². The van der Waals surface area contributed by atoms with Gasteiger partial charge in [0.25, 0.3) is 0 Å². The van der Waals surface area contributed by atoms with Crippen LogP contribution in [0.25, 0.3) is 11.0 Å². The average Bonchev–Trinajstić information content (AvgIpc) is 2.93. The first kappa shape index (κ1) is 15.9. The van der Waals surface area contributed by atoms with E-state index in [2.05, 4.69) is 36.4 Å². The van der Waals surface area contributed by atoms with Crippen LogP contribution in [0.4, 0.5) is 0 Å². The Morgan fingerprint density at radius 1 is 1.26 bits per heavy atom. The van der Waals surface area contributed by atoms with Crippen LogP contribution in [0, 0.1) is 5.41 Å². The first-order chi connectivity index (χ1) is 10.8. The molecule has 124 valence electrons. The maximum Gasteiger partial charge on any atom is 0.217 e. The van der Waals surface area contributed by atoms with Crippen molar-refractivity contribution in [1.29, 1.82) is 0 Å². The van der Waals surface area contributed by atoms with Crippen molar-refractivity contribution in [3.8, 4) is 0 Å². The minimum absolute atomic E-state index is 0.00857. The molecule has 1 N–H and O–H groups in total. The van der Waals surface area contributed by atoms with E-state index in [0.29, 0.717) is 0 Å². The molecular formula is C17H23N3O3. The molecule has 3 rings (SSSR count). The number of hydrogen-bond donors (Lipinski definition) is 1. The van der Waals surface area contributed by atoms with Crippen LogP contribution < -0.4 is 5.32 Å². The molecule has 0 radical (unpaired) electrons. The molecule has 0 spiro atoms. The van der Waals surface area contributed by atoms with Gasteiger partial charge in [0.15, 0.2) is 0 Å². The lowest BCUT2D eigenvalue weighted by molar-refractivity contribution is -0.127. The van der Waals surface area contributed by atoms with Gasteiger partial charge in [-0.05, 0) is 34.6 Å². The quantitative estimate of drug-likeness (QED) is 0.921. The Bertz CT molecular complexity index is 704. The molecule has 0 bridgehead atoms. The lowest BCUT2D eigenvalue weighted by Gasteiger charge is -2.41. The predicted octanol–water partition coefficient (Wildman–Crippen LogP) is 2.99. The molecule has 2 heterocycles. The zero-order chi connectivity index (χ0) is 16.6. The molecule has 0 unspecified atom stereocenters. The summed E-state index contributed by atoms with van der Waals surface area (Å²) in [5, 5.41) is 11.0. The summed E-state index contributed by atoms with van der Waals surface area (Å²) in [6.07, 6.45) is 1.44. The lowest BCUT2D eigenvalue weighted by Crippen LogP contribution is -2.46. The minimum Gasteiger partial charge on any atom is -0.370 e. The smallest absolute Gasteiger partial charge is 0.217 e. The normalized spacial score (nSPS) is 25.5. The summed E-state index contributed by atoms with van der Waals surface area (Å²) in [7, 11) is 0. The monoisotopic (exact) mass is 317 g/mol. The minimum atomic E-state index is -0.138. The van der Waals surface area contributed by atoms with E-state index in [1.165, 1.54) is 0 Å². The maximum absolute atomic E-state index is 11.5. The highest BCUT2D eigenvalue weighted by atomic mass is 16.6. The Morgan fingerprint density at radius 3 is 2.74 bits per heavy atom. The van der Waals surface area contributed by atoms with Crippen LogP contribution in [0.1, 0.15) is 52.2 Å². The number of nitrogens with zero attached hydrogens (tertiary/aromatic N) is 2. The van der Waals surface area contributed by atoms with Gasteiger partial charge in [0.1, 0.15) is 11.0 Å². The van der Waals surface area contributed by atoms with Crippen LogP contribution in [-0.2, 0) is 9.53 Å². The third-order valence-corrected chi connectivity index (χ3v) is 4.36. The first-order valence-electron chi connectivity index (χ1n) is 7.98. The van der Waals surface area contributed by atoms with E-state index < -0.39 is 0 Å². The van der Waals surface area contributed by atoms with Gasteiger partial charge in [0.2, 0.25) is 5.91 Å². The van der Waals surface area contributed by atoms with E-state index in [-0.39, 0.29) is 29.6 Å². The fourth-order valence-corrected chi connectivity index (χ4v) is 3.17. The van der Waals surface area contributed by atoms with Crippen LogP contribution in [0.2, 0.25) is 0 Å². The standard InChI is InChI=1S/C17H23N3O3/c1-10(21)18-11-8-14(22-15(9-11)17(2,3)4)12-6-5-7-13-16(12)20-23-19-13/h5-7,11,14-15H,8-9H2,1-4H3,(H,18,21)/t11-,14-,15+/m0/s1. The van der Waals surface area contributed by atoms with Gasteiger partial charge >= 0.3 is 0 Å². The number of ether oxygens (including phenoxy) is 1. The SMILES string of the molecule is CC(=O)N[C@H]1C[C@@H](c2cccc3nonc23)O[C@@H](C(C)(C)C)C1. The van der Waals surface area contributed by atoms with Crippen LogP contribution in [0.3, 0.4) is 0 Å². The average molecular weight is 317 g/mol. The molecule has 1 fully saturated rings. The molecule has 1 aliphatic rings. The molecule has 1 aromatic carbocycles. The Hall–Kier alpha value is -1.95. The van der Waals surface area contributed by atoms with Gasteiger partial charge in [-0.15, -0.1) is 0 Å².